The largest absolute Gasteiger partial charge is 0.423 e. The van der Waals surface area contributed by atoms with Gasteiger partial charge in [0.25, 0.3) is 17.7 Å². The van der Waals surface area contributed by atoms with E-state index >= 15 is 0 Å². The van der Waals surface area contributed by atoms with Crippen LogP contribution in [0.3, 0.4) is 0 Å². The highest BCUT2D eigenvalue weighted by molar-refractivity contribution is 6.23. The zero-order valence-corrected chi connectivity index (χ0v) is 43.1. The predicted molar refractivity (Wildman–Crippen MR) is 276 cm³/mol. The van der Waals surface area contributed by atoms with Crippen molar-refractivity contribution >= 4 is 58.6 Å². The van der Waals surface area contributed by atoms with Gasteiger partial charge in [-0.05, 0) is 115 Å². The summed E-state index contributed by atoms with van der Waals surface area (Å²) in [5.41, 5.74) is 3.69. The Kier molecular flexibility index (Phi) is 14.6. The normalized spacial score (nSPS) is 25.4. The van der Waals surface area contributed by atoms with Gasteiger partial charge in [-0.15, -0.1) is 10.2 Å². The number of likely N-dealkylation sites (tertiary alicyclic amines) is 1. The van der Waals surface area contributed by atoms with Gasteiger partial charge in [0.05, 0.1) is 28.7 Å². The molecular weight excluding hydrogens is 959 g/mol. The van der Waals surface area contributed by atoms with Gasteiger partial charge in [0, 0.05) is 115 Å². The van der Waals surface area contributed by atoms with Crippen molar-refractivity contribution in [1.82, 2.24) is 59.8 Å². The molecule has 0 spiro atoms. The van der Waals surface area contributed by atoms with Crippen LogP contribution in [-0.2, 0) is 26.2 Å². The Morgan fingerprint density at radius 2 is 1.47 bits per heavy atom. The third kappa shape index (κ3) is 10.9. The van der Waals surface area contributed by atoms with Crippen molar-refractivity contribution in [2.24, 2.45) is 24.8 Å². The van der Waals surface area contributed by atoms with E-state index in [1.807, 2.05) is 26.2 Å². The number of amides is 6. The molecule has 5 aliphatic heterocycles. The van der Waals surface area contributed by atoms with Crippen LogP contribution in [0.2, 0.25) is 0 Å². The van der Waals surface area contributed by atoms with Crippen molar-refractivity contribution in [2.75, 3.05) is 87.5 Å². The average Bonchev–Trinajstić information content (AvgIpc) is 4.17. The average molecular weight is 1030 g/mol. The molecule has 1 atom stereocenters. The van der Waals surface area contributed by atoms with E-state index in [1.54, 1.807) is 23.0 Å². The molecule has 0 radical (unpaired) electrons. The fourth-order valence-corrected chi connectivity index (χ4v) is 12.8. The summed E-state index contributed by atoms with van der Waals surface area (Å²) in [6.45, 7) is 11.1. The molecule has 2 saturated carbocycles. The number of fused-ring (bicyclic) bond motifs is 1. The number of carbonyl (C=O) groups is 6. The van der Waals surface area contributed by atoms with E-state index in [0.717, 1.165) is 165 Å². The van der Waals surface area contributed by atoms with E-state index in [2.05, 4.69) is 60.7 Å². The van der Waals surface area contributed by atoms with Crippen LogP contribution >= 0.6 is 0 Å². The maximum Gasteiger partial charge on any atom is 0.262 e. The molecule has 8 heterocycles. The number of aryl methyl sites for hydroxylation is 2. The Morgan fingerprint density at radius 3 is 2.12 bits per heavy atom. The van der Waals surface area contributed by atoms with E-state index in [9.17, 15) is 28.8 Å². The Morgan fingerprint density at radius 1 is 0.773 bits per heavy atom. The molecule has 4 aromatic rings. The molecule has 22 heteroatoms. The second-order valence-corrected chi connectivity index (χ2v) is 21.8. The summed E-state index contributed by atoms with van der Waals surface area (Å²) in [6.07, 6.45) is 15.5. The second kappa shape index (κ2) is 21.8. The Bertz CT molecular complexity index is 2760. The van der Waals surface area contributed by atoms with Crippen LogP contribution < -0.4 is 20.9 Å². The van der Waals surface area contributed by atoms with Crippen molar-refractivity contribution in [3.8, 4) is 11.5 Å². The lowest BCUT2D eigenvalue weighted by atomic mass is 9.80. The molecule has 4 saturated heterocycles. The lowest BCUT2D eigenvalue weighted by Gasteiger charge is -2.43. The van der Waals surface area contributed by atoms with E-state index < -0.39 is 29.7 Å². The number of benzene rings is 1. The number of hydrogen-bond donors (Lipinski definition) is 3. The fourth-order valence-electron chi connectivity index (χ4n) is 12.8. The zero-order valence-electron chi connectivity index (χ0n) is 43.1. The summed E-state index contributed by atoms with van der Waals surface area (Å²) in [4.78, 5) is 100. The van der Waals surface area contributed by atoms with E-state index in [4.69, 9.17) is 9.40 Å². The minimum atomic E-state index is -0.978. The highest BCUT2D eigenvalue weighted by atomic mass is 16.4. The van der Waals surface area contributed by atoms with E-state index in [1.165, 1.54) is 6.39 Å². The first-order chi connectivity index (χ1) is 36.4. The van der Waals surface area contributed by atoms with Crippen molar-refractivity contribution in [3.05, 3.63) is 53.8 Å². The lowest BCUT2D eigenvalue weighted by Crippen LogP contribution is -2.54. The smallest absolute Gasteiger partial charge is 0.262 e. The minimum absolute atomic E-state index is 0.00150. The summed E-state index contributed by atoms with van der Waals surface area (Å²) in [5.74, 6) is 0.636. The number of aromatic nitrogens is 6. The van der Waals surface area contributed by atoms with Crippen molar-refractivity contribution in [3.63, 3.8) is 0 Å². The molecule has 1 aromatic carbocycles. The van der Waals surface area contributed by atoms with Gasteiger partial charge >= 0.3 is 0 Å². The van der Waals surface area contributed by atoms with Crippen LogP contribution in [-0.4, -0.2) is 180 Å². The van der Waals surface area contributed by atoms with Crippen molar-refractivity contribution in [2.45, 2.75) is 109 Å². The summed E-state index contributed by atoms with van der Waals surface area (Å²) < 4.78 is 7.32. The highest BCUT2D eigenvalue weighted by Gasteiger charge is 2.45. The molecule has 3 N–H and O–H groups in total. The number of piperazine rings is 2. The Labute approximate surface area is 436 Å². The Hall–Kier alpha value is -6.81. The van der Waals surface area contributed by atoms with Crippen molar-refractivity contribution < 1.29 is 33.2 Å². The van der Waals surface area contributed by atoms with Gasteiger partial charge in [0.15, 0.2) is 0 Å². The van der Waals surface area contributed by atoms with Gasteiger partial charge in [-0.1, -0.05) is 0 Å². The van der Waals surface area contributed by atoms with Gasteiger partial charge in [0.1, 0.15) is 17.4 Å². The fraction of sp³-hybridized carbons (Fsp3) is 0.604. The predicted octanol–water partition coefficient (Wildman–Crippen LogP) is 3.84. The first-order valence-electron chi connectivity index (χ1n) is 27.2. The molecule has 2 aliphatic carbocycles. The maximum absolute atomic E-state index is 13.8. The molecule has 6 amide bonds. The molecule has 22 nitrogen and oxygen atoms in total. The number of anilines is 4. The lowest BCUT2D eigenvalue weighted by molar-refractivity contribution is -0.143. The quantitative estimate of drug-likeness (QED) is 0.161. The molecular formula is C53H69N15O7. The second-order valence-electron chi connectivity index (χ2n) is 21.8. The van der Waals surface area contributed by atoms with Gasteiger partial charge in [-0.3, -0.25) is 53.5 Å². The SMILES string of the molecule is Cc1nc(Nc2cnn(C)c2)nc(NC2CCC(N3CCN(C(=O)C4CCC(C(=O)N5CCC(CCN6CCN(c7ccc8c(c7)C(=O)N(C7CCC(=O)NC7=O)C8=O)CC6)CC5)CC4)CC3)CC2)c1-c1nnco1. The highest BCUT2D eigenvalue weighted by Crippen LogP contribution is 2.36. The number of nitrogens with zero attached hydrogens (tertiary/aromatic N) is 12. The van der Waals surface area contributed by atoms with Gasteiger partial charge in [0.2, 0.25) is 36.0 Å². The molecule has 398 valence electrons. The third-order valence-electron chi connectivity index (χ3n) is 17.2. The first-order valence-corrected chi connectivity index (χ1v) is 27.2. The van der Waals surface area contributed by atoms with Crippen LogP contribution in [0.15, 0.2) is 41.4 Å². The van der Waals surface area contributed by atoms with Gasteiger partial charge in [-0.2, -0.15) is 10.1 Å². The number of piperidine rings is 2. The van der Waals surface area contributed by atoms with Crippen molar-refractivity contribution in [1.29, 1.82) is 0 Å². The summed E-state index contributed by atoms with van der Waals surface area (Å²) >= 11 is 0. The topological polar surface area (TPSA) is 240 Å². The monoisotopic (exact) mass is 1030 g/mol. The number of hydrogen-bond acceptors (Lipinski definition) is 17. The van der Waals surface area contributed by atoms with Gasteiger partial charge in [-0.25, -0.2) is 4.98 Å². The number of carbonyl (C=O) groups excluding carboxylic acids is 6. The molecule has 6 fully saturated rings. The first kappa shape index (κ1) is 50.4. The molecule has 1 unspecified atom stereocenters. The number of imide groups is 2. The van der Waals surface area contributed by atoms with Crippen LogP contribution in [0.4, 0.5) is 23.1 Å². The van der Waals surface area contributed by atoms with E-state index in [0.29, 0.717) is 46.3 Å². The summed E-state index contributed by atoms with van der Waals surface area (Å²) in [6, 6.07) is 5.04. The maximum atomic E-state index is 13.8. The van der Waals surface area contributed by atoms with Crippen LogP contribution in [0, 0.1) is 24.7 Å². The summed E-state index contributed by atoms with van der Waals surface area (Å²) in [7, 11) is 1.86. The van der Waals surface area contributed by atoms with Crippen LogP contribution in [0.5, 0.6) is 0 Å². The zero-order chi connectivity index (χ0) is 51.7. The number of nitrogens with one attached hydrogen (secondary N) is 3. The van der Waals surface area contributed by atoms with Crippen LogP contribution in [0.25, 0.3) is 11.5 Å². The molecule has 0 bridgehead atoms. The Balaban J connectivity index is 0.570. The standard InChI is InChI=1S/C53H69N15O7/c1-33-45(48-61-54-32-75-48)46(60-53(56-33)58-38-30-55-62(2)31-38)57-37-7-9-39(10-8-37)64-25-27-67(28-26-64)50(72)36-5-3-35(4-6-36)49(71)66-19-16-34(17-20-66)15-18-63-21-23-65(24-22-63)40-11-12-41-42(29-40)52(74)68(51(41)73)43-13-14-44(69)59-47(43)70/h11-12,29-32,34-37,39,43H,3-10,13-28H2,1-2H3,(H,59,69,70)(H2,56,57,58,60). The molecule has 75 heavy (non-hydrogen) atoms. The molecule has 7 aliphatic rings. The van der Waals surface area contributed by atoms with Crippen LogP contribution in [0.1, 0.15) is 110 Å². The molecule has 3 aromatic heterocycles. The molecule has 11 rings (SSSR count). The van der Waals surface area contributed by atoms with E-state index in [-0.39, 0.29) is 42.5 Å². The minimum Gasteiger partial charge on any atom is -0.423 e. The number of rotatable bonds is 13. The van der Waals surface area contributed by atoms with Gasteiger partial charge < -0.3 is 29.8 Å². The third-order valence-corrected chi connectivity index (χ3v) is 17.2. The summed E-state index contributed by atoms with van der Waals surface area (Å²) in [5, 5.41) is 21.5.